The molecular weight excluding hydrogens is 226 g/mol. The van der Waals surface area contributed by atoms with Crippen LogP contribution in [0.4, 0.5) is 0 Å². The fraction of sp³-hybridized carbons (Fsp3) is 0.800. The van der Waals surface area contributed by atoms with Crippen molar-refractivity contribution in [3.8, 4) is 0 Å². The highest BCUT2D eigenvalue weighted by atomic mass is 16.4. The van der Waals surface area contributed by atoms with E-state index >= 15 is 0 Å². The van der Waals surface area contributed by atoms with Crippen molar-refractivity contribution < 1.29 is 19.8 Å². The molecule has 0 aromatic heterocycles. The van der Waals surface area contributed by atoms with Gasteiger partial charge in [-0.1, -0.05) is 0 Å². The predicted octanol–water partition coefficient (Wildman–Crippen LogP) is -1.61. The molecule has 3 unspecified atom stereocenters. The molecule has 3 atom stereocenters. The van der Waals surface area contributed by atoms with Crippen LogP contribution < -0.4 is 16.8 Å². The average Bonchev–Trinajstić information content (AvgIpc) is 2.26. The Morgan fingerprint density at radius 1 is 1.35 bits per heavy atom. The molecule has 0 bridgehead atoms. The molecule has 0 spiro atoms. The highest BCUT2D eigenvalue weighted by Crippen LogP contribution is 2.01. The summed E-state index contributed by atoms with van der Waals surface area (Å²) in [5, 5.41) is 20.3. The van der Waals surface area contributed by atoms with Crippen molar-refractivity contribution in [2.24, 2.45) is 11.5 Å². The van der Waals surface area contributed by atoms with Crippen LogP contribution in [0.2, 0.25) is 0 Å². The largest absolute Gasteiger partial charge is 0.480 e. The summed E-state index contributed by atoms with van der Waals surface area (Å²) in [5.74, 6) is -1.78. The number of aliphatic hydroxyl groups excluding tert-OH is 1. The second-order valence-corrected chi connectivity index (χ2v) is 3.95. The number of aliphatic carboxylic acids is 1. The number of carboxylic acids is 1. The van der Waals surface area contributed by atoms with Crippen molar-refractivity contribution in [3.05, 3.63) is 0 Å². The molecule has 0 aliphatic heterocycles. The summed E-state index contributed by atoms with van der Waals surface area (Å²) in [7, 11) is 0. The van der Waals surface area contributed by atoms with E-state index in [4.69, 9.17) is 21.7 Å². The van der Waals surface area contributed by atoms with Crippen LogP contribution >= 0.6 is 0 Å². The van der Waals surface area contributed by atoms with Gasteiger partial charge in [-0.05, 0) is 32.7 Å². The van der Waals surface area contributed by atoms with Crippen LogP contribution in [0.3, 0.4) is 0 Å². The highest BCUT2D eigenvalue weighted by Gasteiger charge is 2.25. The number of amides is 1. The van der Waals surface area contributed by atoms with Crippen LogP contribution in [0.15, 0.2) is 0 Å². The van der Waals surface area contributed by atoms with Gasteiger partial charge in [0.25, 0.3) is 0 Å². The zero-order valence-electron chi connectivity index (χ0n) is 9.93. The zero-order valence-corrected chi connectivity index (χ0v) is 9.93. The molecule has 17 heavy (non-hydrogen) atoms. The molecule has 0 aliphatic carbocycles. The number of hydrogen-bond donors (Lipinski definition) is 5. The summed E-state index contributed by atoms with van der Waals surface area (Å²) in [6, 6.07) is -2.11. The third-order valence-electron chi connectivity index (χ3n) is 2.38. The first-order valence-electron chi connectivity index (χ1n) is 5.57. The zero-order chi connectivity index (χ0) is 13.4. The maximum atomic E-state index is 11.4. The van der Waals surface area contributed by atoms with Gasteiger partial charge in [0, 0.05) is 0 Å². The van der Waals surface area contributed by atoms with Gasteiger partial charge in [-0.15, -0.1) is 0 Å². The molecule has 0 aromatic rings. The van der Waals surface area contributed by atoms with Crippen molar-refractivity contribution in [3.63, 3.8) is 0 Å². The fourth-order valence-corrected chi connectivity index (χ4v) is 1.24. The molecule has 0 saturated heterocycles. The van der Waals surface area contributed by atoms with Gasteiger partial charge < -0.3 is 27.0 Å². The summed E-state index contributed by atoms with van der Waals surface area (Å²) in [6.45, 7) is 1.85. The van der Waals surface area contributed by atoms with Crippen molar-refractivity contribution in [2.75, 3.05) is 6.54 Å². The SMILES string of the molecule is CC(O)C(N)C(=O)NC(CCCCN)C(=O)O. The number of hydrogen-bond acceptors (Lipinski definition) is 5. The maximum Gasteiger partial charge on any atom is 0.326 e. The lowest BCUT2D eigenvalue weighted by atomic mass is 10.1. The quantitative estimate of drug-likeness (QED) is 0.327. The Morgan fingerprint density at radius 2 is 1.94 bits per heavy atom. The molecule has 0 heterocycles. The Hall–Kier alpha value is -1.18. The topological polar surface area (TPSA) is 139 Å². The van der Waals surface area contributed by atoms with Gasteiger partial charge in [-0.3, -0.25) is 4.79 Å². The average molecular weight is 247 g/mol. The molecule has 0 aliphatic rings. The minimum absolute atomic E-state index is 0.296. The summed E-state index contributed by atoms with van der Waals surface area (Å²) in [5.41, 5.74) is 10.7. The van der Waals surface area contributed by atoms with Crippen molar-refractivity contribution in [1.29, 1.82) is 0 Å². The van der Waals surface area contributed by atoms with Gasteiger partial charge in [0.15, 0.2) is 0 Å². The summed E-state index contributed by atoms with van der Waals surface area (Å²) < 4.78 is 0. The molecule has 7 heteroatoms. The summed E-state index contributed by atoms with van der Waals surface area (Å²) in [6.07, 6.45) is 0.582. The lowest BCUT2D eigenvalue weighted by Gasteiger charge is -2.19. The minimum Gasteiger partial charge on any atom is -0.480 e. The van der Waals surface area contributed by atoms with E-state index in [-0.39, 0.29) is 0 Å². The van der Waals surface area contributed by atoms with Crippen molar-refractivity contribution in [1.82, 2.24) is 5.32 Å². The summed E-state index contributed by atoms with van der Waals surface area (Å²) >= 11 is 0. The van der Waals surface area contributed by atoms with E-state index in [0.717, 1.165) is 0 Å². The minimum atomic E-state index is -1.12. The van der Waals surface area contributed by atoms with Gasteiger partial charge in [0.1, 0.15) is 12.1 Å². The highest BCUT2D eigenvalue weighted by molar-refractivity contribution is 5.87. The molecule has 7 nitrogen and oxygen atoms in total. The number of carbonyl (C=O) groups excluding carboxylic acids is 1. The first kappa shape index (κ1) is 15.8. The first-order chi connectivity index (χ1) is 7.90. The summed E-state index contributed by atoms with van der Waals surface area (Å²) in [4.78, 5) is 22.3. The second kappa shape index (κ2) is 7.99. The molecular formula is C10H21N3O4. The number of aliphatic hydroxyl groups is 1. The van der Waals surface area contributed by atoms with E-state index in [0.29, 0.717) is 25.8 Å². The molecule has 0 aromatic carbocycles. The Labute approximate surface area is 100 Å². The van der Waals surface area contributed by atoms with E-state index in [9.17, 15) is 9.59 Å². The molecule has 0 rings (SSSR count). The van der Waals surface area contributed by atoms with Crippen LogP contribution in [0.5, 0.6) is 0 Å². The molecule has 0 fully saturated rings. The monoisotopic (exact) mass is 247 g/mol. The number of rotatable bonds is 8. The van der Waals surface area contributed by atoms with Crippen LogP contribution in [0.25, 0.3) is 0 Å². The van der Waals surface area contributed by atoms with Gasteiger partial charge in [-0.2, -0.15) is 0 Å². The molecule has 100 valence electrons. The normalized spacial score (nSPS) is 16.0. The van der Waals surface area contributed by atoms with Gasteiger partial charge in [0.2, 0.25) is 5.91 Å². The lowest BCUT2D eigenvalue weighted by molar-refractivity contribution is -0.142. The Morgan fingerprint density at radius 3 is 2.35 bits per heavy atom. The number of nitrogens with one attached hydrogen (secondary N) is 1. The van der Waals surface area contributed by atoms with Crippen LogP contribution in [-0.2, 0) is 9.59 Å². The van der Waals surface area contributed by atoms with E-state index < -0.39 is 30.1 Å². The van der Waals surface area contributed by atoms with Crippen molar-refractivity contribution in [2.45, 2.75) is 44.4 Å². The third-order valence-corrected chi connectivity index (χ3v) is 2.38. The fourth-order valence-electron chi connectivity index (χ4n) is 1.24. The van der Waals surface area contributed by atoms with E-state index in [2.05, 4.69) is 5.32 Å². The number of carbonyl (C=O) groups is 2. The van der Waals surface area contributed by atoms with Crippen LogP contribution in [0.1, 0.15) is 26.2 Å². The number of nitrogens with two attached hydrogens (primary N) is 2. The molecule has 0 saturated carbocycles. The number of unbranched alkanes of at least 4 members (excludes halogenated alkanes) is 1. The smallest absolute Gasteiger partial charge is 0.326 e. The van der Waals surface area contributed by atoms with Crippen molar-refractivity contribution >= 4 is 11.9 Å². The maximum absolute atomic E-state index is 11.4. The Balaban J connectivity index is 4.25. The van der Waals surface area contributed by atoms with E-state index in [1.54, 1.807) is 0 Å². The molecule has 7 N–H and O–H groups in total. The van der Waals surface area contributed by atoms with Crippen LogP contribution in [0, 0.1) is 0 Å². The standard InChI is InChI=1S/C10H21N3O4/c1-6(14)8(12)9(15)13-7(10(16)17)4-2-3-5-11/h6-8,14H,2-5,11-12H2,1H3,(H,13,15)(H,16,17). The molecule has 1 amide bonds. The van der Waals surface area contributed by atoms with Gasteiger partial charge >= 0.3 is 5.97 Å². The van der Waals surface area contributed by atoms with E-state index in [1.807, 2.05) is 0 Å². The first-order valence-corrected chi connectivity index (χ1v) is 5.57. The lowest BCUT2D eigenvalue weighted by Crippen LogP contribution is -2.52. The van der Waals surface area contributed by atoms with Crippen LogP contribution in [-0.4, -0.2) is 46.8 Å². The Kier molecular flexibility index (Phi) is 7.44. The Bertz CT molecular complexity index is 258. The van der Waals surface area contributed by atoms with Gasteiger partial charge in [0.05, 0.1) is 6.10 Å². The van der Waals surface area contributed by atoms with Gasteiger partial charge in [-0.25, -0.2) is 4.79 Å². The molecule has 0 radical (unpaired) electrons. The third kappa shape index (κ3) is 6.20. The predicted molar refractivity (Wildman–Crippen MR) is 62.1 cm³/mol. The van der Waals surface area contributed by atoms with E-state index in [1.165, 1.54) is 6.92 Å². The number of carboxylic acid groups (broad SMARTS) is 1. The second-order valence-electron chi connectivity index (χ2n) is 3.95.